The van der Waals surface area contributed by atoms with Gasteiger partial charge in [-0.3, -0.25) is 9.59 Å². The highest BCUT2D eigenvalue weighted by Gasteiger charge is 2.28. The smallest absolute Gasteiger partial charge is 0.221 e. The van der Waals surface area contributed by atoms with Gasteiger partial charge in [0.1, 0.15) is 11.5 Å². The van der Waals surface area contributed by atoms with Crippen LogP contribution in [-0.2, 0) is 18.3 Å². The predicted molar refractivity (Wildman–Crippen MR) is 114 cm³/mol. The van der Waals surface area contributed by atoms with Crippen LogP contribution in [0, 0.1) is 6.92 Å². The number of anilines is 1. The van der Waals surface area contributed by atoms with Crippen LogP contribution in [0.15, 0.2) is 48.5 Å². The van der Waals surface area contributed by atoms with Gasteiger partial charge in [-0.1, -0.05) is 18.2 Å². The van der Waals surface area contributed by atoms with E-state index in [1.54, 1.807) is 0 Å². The Balaban J connectivity index is 1.90. The number of benzene rings is 2. The number of hydrogen-bond donors (Lipinski definition) is 1. The van der Waals surface area contributed by atoms with E-state index in [0.29, 0.717) is 17.9 Å². The van der Waals surface area contributed by atoms with Crippen molar-refractivity contribution in [1.29, 1.82) is 0 Å². The molecule has 5 nitrogen and oxygen atoms in total. The average molecular weight is 388 g/mol. The van der Waals surface area contributed by atoms with Crippen LogP contribution in [0.25, 0.3) is 11.3 Å². The molecule has 5 heteroatoms. The van der Waals surface area contributed by atoms with Crippen LogP contribution in [0.5, 0.6) is 11.5 Å². The zero-order valence-electron chi connectivity index (χ0n) is 16.9. The van der Waals surface area contributed by atoms with E-state index >= 15 is 0 Å². The van der Waals surface area contributed by atoms with Gasteiger partial charge in [0.2, 0.25) is 5.91 Å². The number of para-hydroxylation sites is 1. The lowest BCUT2D eigenvalue weighted by molar-refractivity contribution is -0.114. The molecule has 1 heterocycles. The Morgan fingerprint density at radius 1 is 1.10 bits per heavy atom. The molecular weight excluding hydrogens is 364 g/mol. The SMILES string of the molecule is CC(=O)Nc1ccc(Oc2ccccc2)c(-c2c3c(c(C)n2C)C(=O)CCC3)c1. The fraction of sp³-hybridized carbons (Fsp3) is 0.250. The Hall–Kier alpha value is -3.34. The molecule has 0 spiro atoms. The molecule has 2 aromatic carbocycles. The fourth-order valence-electron chi connectivity index (χ4n) is 4.08. The molecule has 3 aromatic rings. The molecule has 1 N–H and O–H groups in total. The summed E-state index contributed by atoms with van der Waals surface area (Å²) in [6.45, 7) is 3.47. The van der Waals surface area contributed by atoms with Gasteiger partial charge in [-0.05, 0) is 55.7 Å². The Bertz CT molecular complexity index is 1100. The first-order chi connectivity index (χ1) is 14.0. The quantitative estimate of drug-likeness (QED) is 0.662. The van der Waals surface area contributed by atoms with E-state index in [1.165, 1.54) is 6.92 Å². The molecule has 148 valence electrons. The number of amides is 1. The largest absolute Gasteiger partial charge is 0.457 e. The highest BCUT2D eigenvalue weighted by Crippen LogP contribution is 2.42. The van der Waals surface area contributed by atoms with Crippen molar-refractivity contribution in [3.05, 3.63) is 65.4 Å². The van der Waals surface area contributed by atoms with Gasteiger partial charge < -0.3 is 14.6 Å². The van der Waals surface area contributed by atoms with E-state index < -0.39 is 0 Å². The number of Topliss-reactive ketones (excluding diaryl/α,β-unsaturated/α-hetero) is 1. The summed E-state index contributed by atoms with van der Waals surface area (Å²) >= 11 is 0. The first kappa shape index (κ1) is 19.0. The molecule has 0 aliphatic heterocycles. The van der Waals surface area contributed by atoms with Crippen molar-refractivity contribution < 1.29 is 14.3 Å². The van der Waals surface area contributed by atoms with E-state index in [-0.39, 0.29) is 11.7 Å². The van der Waals surface area contributed by atoms with E-state index in [2.05, 4.69) is 9.88 Å². The molecule has 1 aliphatic carbocycles. The zero-order chi connectivity index (χ0) is 20.5. The molecule has 0 atom stereocenters. The lowest BCUT2D eigenvalue weighted by atomic mass is 9.89. The second kappa shape index (κ2) is 7.59. The van der Waals surface area contributed by atoms with Crippen LogP contribution in [-0.4, -0.2) is 16.3 Å². The molecule has 4 rings (SSSR count). The van der Waals surface area contributed by atoms with Crippen molar-refractivity contribution in [3.8, 4) is 22.8 Å². The lowest BCUT2D eigenvalue weighted by Crippen LogP contribution is -2.10. The Morgan fingerprint density at radius 2 is 1.86 bits per heavy atom. The normalized spacial score (nSPS) is 13.1. The van der Waals surface area contributed by atoms with Crippen molar-refractivity contribution in [2.45, 2.75) is 33.1 Å². The number of fused-ring (bicyclic) bond motifs is 1. The Kier molecular flexibility index (Phi) is 4.97. The fourth-order valence-corrected chi connectivity index (χ4v) is 4.08. The van der Waals surface area contributed by atoms with Crippen LogP contribution < -0.4 is 10.1 Å². The van der Waals surface area contributed by atoms with Gasteiger partial charge >= 0.3 is 0 Å². The highest BCUT2D eigenvalue weighted by atomic mass is 16.5. The van der Waals surface area contributed by atoms with Gasteiger partial charge in [0.05, 0.1) is 5.69 Å². The molecule has 0 fully saturated rings. The van der Waals surface area contributed by atoms with E-state index in [9.17, 15) is 9.59 Å². The number of aromatic nitrogens is 1. The van der Waals surface area contributed by atoms with Crippen molar-refractivity contribution >= 4 is 17.4 Å². The number of carbonyl (C=O) groups excluding carboxylic acids is 2. The van der Waals surface area contributed by atoms with Crippen molar-refractivity contribution in [3.63, 3.8) is 0 Å². The number of nitrogens with zero attached hydrogens (tertiary/aromatic N) is 1. The number of hydrogen-bond acceptors (Lipinski definition) is 3. The molecule has 1 aromatic heterocycles. The molecule has 29 heavy (non-hydrogen) atoms. The maximum absolute atomic E-state index is 12.6. The monoisotopic (exact) mass is 388 g/mol. The Morgan fingerprint density at radius 3 is 2.59 bits per heavy atom. The summed E-state index contributed by atoms with van der Waals surface area (Å²) in [5.74, 6) is 1.49. The van der Waals surface area contributed by atoms with Crippen LogP contribution in [0.4, 0.5) is 5.69 Å². The van der Waals surface area contributed by atoms with Gasteiger partial charge in [-0.2, -0.15) is 0 Å². The summed E-state index contributed by atoms with van der Waals surface area (Å²) in [5, 5.41) is 2.85. The number of ketones is 1. The minimum absolute atomic E-state index is 0.132. The molecule has 0 saturated carbocycles. The number of rotatable bonds is 4. The van der Waals surface area contributed by atoms with Crippen LogP contribution >= 0.6 is 0 Å². The standard InChI is InChI=1S/C24H24N2O3/c1-15-23-19(10-7-11-21(23)28)24(26(15)3)20-14-17(25-16(2)27)12-13-22(20)29-18-8-5-4-6-9-18/h4-6,8-9,12-14H,7,10-11H2,1-3H3,(H,25,27). The molecule has 1 aliphatic rings. The third-order valence-electron chi connectivity index (χ3n) is 5.42. The van der Waals surface area contributed by atoms with Gasteiger partial charge in [-0.15, -0.1) is 0 Å². The van der Waals surface area contributed by atoms with Crippen molar-refractivity contribution in [2.75, 3.05) is 5.32 Å². The number of ether oxygens (including phenoxy) is 1. The topological polar surface area (TPSA) is 60.3 Å². The van der Waals surface area contributed by atoms with Gasteiger partial charge in [0.25, 0.3) is 0 Å². The summed E-state index contributed by atoms with van der Waals surface area (Å²) in [6, 6.07) is 15.2. The second-order valence-corrected chi connectivity index (χ2v) is 7.43. The molecule has 1 amide bonds. The van der Waals surface area contributed by atoms with Gasteiger partial charge in [0.15, 0.2) is 5.78 Å². The lowest BCUT2D eigenvalue weighted by Gasteiger charge is -2.17. The van der Waals surface area contributed by atoms with Crippen molar-refractivity contribution in [1.82, 2.24) is 4.57 Å². The summed E-state index contributed by atoms with van der Waals surface area (Å²) in [5.41, 5.74) is 5.41. The van der Waals surface area contributed by atoms with Crippen LogP contribution in [0.1, 0.15) is 41.4 Å². The van der Waals surface area contributed by atoms with Crippen LogP contribution in [0.2, 0.25) is 0 Å². The molecule has 0 radical (unpaired) electrons. The number of carbonyl (C=O) groups is 2. The third kappa shape index (κ3) is 3.56. The third-order valence-corrected chi connectivity index (χ3v) is 5.42. The van der Waals surface area contributed by atoms with E-state index in [4.69, 9.17) is 4.74 Å². The first-order valence-electron chi connectivity index (χ1n) is 9.82. The van der Waals surface area contributed by atoms with E-state index in [1.807, 2.05) is 62.5 Å². The van der Waals surface area contributed by atoms with Gasteiger partial charge in [-0.25, -0.2) is 0 Å². The summed E-state index contributed by atoms with van der Waals surface area (Å²) in [7, 11) is 1.98. The zero-order valence-corrected chi connectivity index (χ0v) is 16.9. The molecule has 0 bridgehead atoms. The summed E-state index contributed by atoms with van der Waals surface area (Å²) in [4.78, 5) is 24.2. The highest BCUT2D eigenvalue weighted by molar-refractivity contribution is 6.02. The average Bonchev–Trinajstić information content (AvgIpc) is 2.95. The van der Waals surface area contributed by atoms with Gasteiger partial charge in [0, 0.05) is 42.9 Å². The summed E-state index contributed by atoms with van der Waals surface area (Å²) in [6.07, 6.45) is 2.30. The minimum atomic E-state index is -0.132. The Labute approximate surface area is 170 Å². The molecule has 0 saturated heterocycles. The maximum atomic E-state index is 12.6. The van der Waals surface area contributed by atoms with Crippen molar-refractivity contribution in [2.24, 2.45) is 7.05 Å². The predicted octanol–water partition coefficient (Wildman–Crippen LogP) is 5.27. The second-order valence-electron chi connectivity index (χ2n) is 7.43. The number of nitrogens with one attached hydrogen (secondary N) is 1. The maximum Gasteiger partial charge on any atom is 0.221 e. The van der Waals surface area contributed by atoms with E-state index in [0.717, 1.165) is 46.7 Å². The summed E-state index contributed by atoms with van der Waals surface area (Å²) < 4.78 is 8.26. The molecular formula is C24H24N2O3. The minimum Gasteiger partial charge on any atom is -0.457 e. The van der Waals surface area contributed by atoms with Crippen LogP contribution in [0.3, 0.4) is 0 Å². The molecule has 0 unspecified atom stereocenters. The first-order valence-corrected chi connectivity index (χ1v) is 9.82.